The van der Waals surface area contributed by atoms with E-state index < -0.39 is 4.92 Å². The molecule has 4 aromatic rings. The second-order valence-electron chi connectivity index (χ2n) is 7.06. The van der Waals surface area contributed by atoms with E-state index in [1.54, 1.807) is 23.0 Å². The van der Waals surface area contributed by atoms with E-state index in [-0.39, 0.29) is 24.6 Å². The summed E-state index contributed by atoms with van der Waals surface area (Å²) >= 11 is 0. The zero-order valence-corrected chi connectivity index (χ0v) is 17.0. The average molecular weight is 428 g/mol. The summed E-state index contributed by atoms with van der Waals surface area (Å²) in [7, 11) is 0. The Morgan fingerprint density at radius 2 is 1.62 bits per heavy atom. The van der Waals surface area contributed by atoms with Gasteiger partial charge in [0.05, 0.1) is 29.3 Å². The van der Waals surface area contributed by atoms with E-state index in [0.717, 1.165) is 11.3 Å². The number of aromatic nitrogens is 2. The van der Waals surface area contributed by atoms with Gasteiger partial charge in [0.2, 0.25) is 5.91 Å². The van der Waals surface area contributed by atoms with Crippen molar-refractivity contribution in [1.29, 1.82) is 0 Å². The number of nitrogens with one attached hydrogen (secondary N) is 1. The molecule has 0 saturated heterocycles. The van der Waals surface area contributed by atoms with E-state index in [2.05, 4.69) is 10.6 Å². The highest BCUT2D eigenvalue weighted by Crippen LogP contribution is 2.26. The lowest BCUT2D eigenvalue weighted by Gasteiger charge is -2.06. The smallest absolute Gasteiger partial charge is 0.269 e. The number of nitro benzene ring substituents is 1. The molecule has 3 aromatic carbocycles. The van der Waals surface area contributed by atoms with Gasteiger partial charge in [-0.1, -0.05) is 48.5 Å². The molecule has 1 amide bonds. The Bertz CT molecular complexity index is 1210. The lowest BCUT2D eigenvalue weighted by molar-refractivity contribution is -0.384. The van der Waals surface area contributed by atoms with Crippen LogP contribution in [0.15, 0.2) is 91.1 Å². The van der Waals surface area contributed by atoms with Gasteiger partial charge in [-0.3, -0.25) is 19.7 Å². The van der Waals surface area contributed by atoms with Crippen molar-refractivity contribution >= 4 is 11.6 Å². The van der Waals surface area contributed by atoms with Crippen molar-refractivity contribution in [3.63, 3.8) is 0 Å². The lowest BCUT2D eigenvalue weighted by atomic mass is 10.1. The highest BCUT2D eigenvalue weighted by Gasteiger charge is 2.17. The molecule has 8 nitrogen and oxygen atoms in total. The number of amides is 1. The first-order chi connectivity index (χ1) is 15.6. The number of nitro groups is 1. The van der Waals surface area contributed by atoms with Gasteiger partial charge in [-0.2, -0.15) is 5.10 Å². The van der Waals surface area contributed by atoms with E-state index in [1.165, 1.54) is 12.1 Å². The van der Waals surface area contributed by atoms with Crippen LogP contribution in [0.4, 0.5) is 5.69 Å². The van der Waals surface area contributed by atoms with Crippen LogP contribution in [0, 0.1) is 10.1 Å². The third kappa shape index (κ3) is 5.05. The topological polar surface area (TPSA) is 99.3 Å². The van der Waals surface area contributed by atoms with Gasteiger partial charge in [-0.15, -0.1) is 0 Å². The number of benzene rings is 3. The maximum Gasteiger partial charge on any atom is 0.269 e. The lowest BCUT2D eigenvalue weighted by Crippen LogP contribution is -2.25. The molecule has 0 aliphatic rings. The van der Waals surface area contributed by atoms with Gasteiger partial charge in [0.25, 0.3) is 5.69 Å². The summed E-state index contributed by atoms with van der Waals surface area (Å²) in [4.78, 5) is 28.4. The van der Waals surface area contributed by atoms with Crippen LogP contribution in [0.1, 0.15) is 11.1 Å². The number of carbonyl (C=O) groups is 1. The molecule has 4 rings (SSSR count). The second-order valence-corrected chi connectivity index (χ2v) is 7.06. The van der Waals surface area contributed by atoms with Crippen LogP contribution >= 0.6 is 0 Å². The summed E-state index contributed by atoms with van der Waals surface area (Å²) in [5.74, 6) is -0.322. The standard InChI is InChI=1S/C24H20N4O4/c29-23(26-32-17-18-7-3-1-4-8-18)15-20-16-27(21-9-5-2-6-10-21)25-24(20)19-11-13-22(14-12-19)28(30)31/h1-14,16H,15,17H2,(H,26,29). The number of carbonyl (C=O) groups excluding carboxylic acids is 1. The van der Waals surface area contributed by atoms with Gasteiger partial charge < -0.3 is 0 Å². The molecule has 0 aliphatic carbocycles. The summed E-state index contributed by atoms with van der Waals surface area (Å²) < 4.78 is 1.68. The molecule has 0 saturated carbocycles. The van der Waals surface area contributed by atoms with Gasteiger partial charge in [0, 0.05) is 29.5 Å². The normalized spacial score (nSPS) is 10.6. The SMILES string of the molecule is O=C(Cc1cn(-c2ccccc2)nc1-c1ccc([N+](=O)[O-])cc1)NOCc1ccccc1. The highest BCUT2D eigenvalue weighted by molar-refractivity contribution is 5.80. The van der Waals surface area contributed by atoms with E-state index in [1.807, 2.05) is 60.7 Å². The van der Waals surface area contributed by atoms with Crippen LogP contribution in [-0.4, -0.2) is 20.6 Å². The van der Waals surface area contributed by atoms with Gasteiger partial charge in [0.15, 0.2) is 0 Å². The highest BCUT2D eigenvalue weighted by atomic mass is 16.7. The van der Waals surface area contributed by atoms with Gasteiger partial charge in [0.1, 0.15) is 0 Å². The summed E-state index contributed by atoms with van der Waals surface area (Å²) in [6.45, 7) is 0.255. The minimum atomic E-state index is -0.454. The zero-order chi connectivity index (χ0) is 22.3. The number of nitrogens with zero attached hydrogens (tertiary/aromatic N) is 3. The minimum Gasteiger partial charge on any atom is -0.272 e. The second kappa shape index (κ2) is 9.67. The number of non-ortho nitro benzene ring substituents is 1. The molecule has 0 fully saturated rings. The Morgan fingerprint density at radius 3 is 2.28 bits per heavy atom. The number of hydrogen-bond donors (Lipinski definition) is 1. The van der Waals surface area contributed by atoms with Crippen LogP contribution in [0.3, 0.4) is 0 Å². The fourth-order valence-corrected chi connectivity index (χ4v) is 3.22. The summed E-state index contributed by atoms with van der Waals surface area (Å²) in [6, 6.07) is 25.1. The molecular formula is C24H20N4O4. The molecule has 8 heteroatoms. The van der Waals surface area contributed by atoms with Crippen LogP contribution in [0.2, 0.25) is 0 Å². The van der Waals surface area contributed by atoms with Crippen LogP contribution in [0.25, 0.3) is 16.9 Å². The first-order valence-corrected chi connectivity index (χ1v) is 9.93. The molecule has 1 N–H and O–H groups in total. The van der Waals surface area contributed by atoms with E-state index in [0.29, 0.717) is 16.8 Å². The Labute approximate surface area is 184 Å². The van der Waals surface area contributed by atoms with Crippen molar-refractivity contribution in [2.75, 3.05) is 0 Å². The molecule has 160 valence electrons. The summed E-state index contributed by atoms with van der Waals surface area (Å²) in [5.41, 5.74) is 6.15. The summed E-state index contributed by atoms with van der Waals surface area (Å²) in [6.07, 6.45) is 1.82. The molecular weight excluding hydrogens is 408 g/mol. The third-order valence-electron chi connectivity index (χ3n) is 4.78. The van der Waals surface area contributed by atoms with Crippen LogP contribution in [0.5, 0.6) is 0 Å². The van der Waals surface area contributed by atoms with Crippen LogP contribution < -0.4 is 5.48 Å². The van der Waals surface area contributed by atoms with Crippen molar-refractivity contribution in [1.82, 2.24) is 15.3 Å². The van der Waals surface area contributed by atoms with Gasteiger partial charge in [-0.05, 0) is 29.8 Å². The first kappa shape index (κ1) is 21.0. The van der Waals surface area contributed by atoms with E-state index in [9.17, 15) is 14.9 Å². The number of hydroxylamine groups is 1. The quantitative estimate of drug-likeness (QED) is 0.334. The molecule has 0 atom stereocenters. The Kier molecular flexibility index (Phi) is 6.33. The van der Waals surface area contributed by atoms with Crippen molar-refractivity contribution in [2.24, 2.45) is 0 Å². The number of hydrogen-bond acceptors (Lipinski definition) is 5. The van der Waals surface area contributed by atoms with Crippen molar-refractivity contribution < 1.29 is 14.6 Å². The summed E-state index contributed by atoms with van der Waals surface area (Å²) in [5, 5.41) is 15.6. The Morgan fingerprint density at radius 1 is 0.969 bits per heavy atom. The van der Waals surface area contributed by atoms with Crippen molar-refractivity contribution in [3.8, 4) is 16.9 Å². The fourth-order valence-electron chi connectivity index (χ4n) is 3.22. The van der Waals surface area contributed by atoms with Gasteiger partial charge in [-0.25, -0.2) is 10.2 Å². The largest absolute Gasteiger partial charge is 0.272 e. The average Bonchev–Trinajstić information content (AvgIpc) is 3.24. The molecule has 0 radical (unpaired) electrons. The molecule has 0 bridgehead atoms. The molecule has 32 heavy (non-hydrogen) atoms. The maximum atomic E-state index is 12.5. The predicted octanol–water partition coefficient (Wildman–Crippen LogP) is 4.24. The fraction of sp³-hybridized carbons (Fsp3) is 0.0833. The molecule has 0 aliphatic heterocycles. The molecule has 0 unspecified atom stereocenters. The molecule has 0 spiro atoms. The monoisotopic (exact) mass is 428 g/mol. The minimum absolute atomic E-state index is 0.00940. The molecule has 1 heterocycles. The van der Waals surface area contributed by atoms with Gasteiger partial charge >= 0.3 is 0 Å². The number of para-hydroxylation sites is 1. The maximum absolute atomic E-state index is 12.5. The third-order valence-corrected chi connectivity index (χ3v) is 4.78. The predicted molar refractivity (Wildman–Crippen MR) is 119 cm³/mol. The first-order valence-electron chi connectivity index (χ1n) is 9.93. The van der Waals surface area contributed by atoms with Crippen molar-refractivity contribution in [3.05, 3.63) is 112 Å². The van der Waals surface area contributed by atoms with Crippen LogP contribution in [-0.2, 0) is 22.7 Å². The zero-order valence-electron chi connectivity index (χ0n) is 17.0. The number of rotatable bonds is 8. The Balaban J connectivity index is 1.54. The Hall–Kier alpha value is -4.30. The molecule has 1 aromatic heterocycles. The van der Waals surface area contributed by atoms with E-state index in [4.69, 9.17) is 4.84 Å². The van der Waals surface area contributed by atoms with Crippen molar-refractivity contribution in [2.45, 2.75) is 13.0 Å². The van der Waals surface area contributed by atoms with E-state index >= 15 is 0 Å².